The van der Waals surface area contributed by atoms with Gasteiger partial charge in [-0.05, 0) is 30.4 Å². The topological polar surface area (TPSA) is 32.3 Å². The number of alkyl halides is 3. The maximum absolute atomic E-state index is 13.2. The number of aryl methyl sites for hydroxylation is 2. The lowest BCUT2D eigenvalue weighted by Crippen LogP contribution is -2.50. The second kappa shape index (κ2) is 6.47. The molecule has 1 N–H and O–H groups in total. The first-order valence-electron chi connectivity index (χ1n) is 7.11. The lowest BCUT2D eigenvalue weighted by molar-refractivity contribution is -0.189. The van der Waals surface area contributed by atoms with Gasteiger partial charge in [0.25, 0.3) is 0 Å². The third-order valence-corrected chi connectivity index (χ3v) is 3.71. The summed E-state index contributed by atoms with van der Waals surface area (Å²) in [7, 11) is 0. The van der Waals surface area contributed by atoms with Crippen LogP contribution in [0.3, 0.4) is 0 Å². The maximum atomic E-state index is 13.2. The van der Waals surface area contributed by atoms with Crippen molar-refractivity contribution in [1.29, 1.82) is 0 Å². The Labute approximate surface area is 122 Å². The first-order chi connectivity index (χ1) is 9.90. The van der Waals surface area contributed by atoms with Crippen molar-refractivity contribution >= 4 is 5.91 Å². The summed E-state index contributed by atoms with van der Waals surface area (Å²) in [4.78, 5) is 11.1. The zero-order valence-electron chi connectivity index (χ0n) is 11.9. The molecule has 116 valence electrons. The fourth-order valence-corrected chi connectivity index (χ4v) is 2.53. The molecule has 1 aliphatic heterocycles. The van der Waals surface area contributed by atoms with E-state index in [9.17, 15) is 18.0 Å². The molecule has 1 saturated heterocycles. The van der Waals surface area contributed by atoms with E-state index in [0.717, 1.165) is 22.6 Å². The molecule has 21 heavy (non-hydrogen) atoms. The molecule has 1 fully saturated rings. The van der Waals surface area contributed by atoms with Crippen LogP contribution in [0.25, 0.3) is 0 Å². The van der Waals surface area contributed by atoms with E-state index < -0.39 is 12.2 Å². The molecule has 2 rings (SSSR count). The molecule has 1 atom stereocenters. The largest absolute Gasteiger partial charge is 0.405 e. The molecule has 0 radical (unpaired) electrons. The van der Waals surface area contributed by atoms with E-state index in [0.29, 0.717) is 6.42 Å². The van der Waals surface area contributed by atoms with Crippen LogP contribution in [0, 0.1) is 0 Å². The molecule has 0 spiro atoms. The average molecular weight is 300 g/mol. The van der Waals surface area contributed by atoms with E-state index >= 15 is 0 Å². The van der Waals surface area contributed by atoms with Gasteiger partial charge in [-0.15, -0.1) is 0 Å². The van der Waals surface area contributed by atoms with Crippen LogP contribution < -0.4 is 5.43 Å². The number of hydrogen-bond acceptors (Lipinski definition) is 2. The van der Waals surface area contributed by atoms with Gasteiger partial charge in [0.2, 0.25) is 5.91 Å². The van der Waals surface area contributed by atoms with Gasteiger partial charge in [-0.1, -0.05) is 31.2 Å². The molecule has 0 saturated carbocycles. The fraction of sp³-hybridized carbons (Fsp3) is 0.533. The summed E-state index contributed by atoms with van der Waals surface area (Å²) >= 11 is 0. The van der Waals surface area contributed by atoms with Crippen molar-refractivity contribution in [3.05, 3.63) is 35.4 Å². The number of hydrazine groups is 1. The minimum absolute atomic E-state index is 0.0586. The minimum atomic E-state index is -4.35. The zero-order valence-corrected chi connectivity index (χ0v) is 11.9. The number of carbonyl (C=O) groups is 1. The van der Waals surface area contributed by atoms with Gasteiger partial charge in [-0.2, -0.15) is 13.2 Å². The SMILES string of the molecule is CCc1cccc(CCC(N2CCC(=O)N2)C(F)(F)F)c1. The number of carbonyl (C=O) groups excluding carboxylic acids is 1. The third-order valence-electron chi connectivity index (χ3n) is 3.71. The molecule has 1 heterocycles. The smallest absolute Gasteiger partial charge is 0.288 e. The molecule has 1 aromatic carbocycles. The number of amides is 1. The summed E-state index contributed by atoms with van der Waals surface area (Å²) in [6.07, 6.45) is -3.09. The van der Waals surface area contributed by atoms with E-state index in [1.54, 1.807) is 0 Å². The molecule has 1 aromatic rings. The van der Waals surface area contributed by atoms with Crippen molar-refractivity contribution in [3.63, 3.8) is 0 Å². The Morgan fingerprint density at radius 1 is 1.33 bits per heavy atom. The van der Waals surface area contributed by atoms with Gasteiger partial charge in [0.05, 0.1) is 0 Å². The van der Waals surface area contributed by atoms with Crippen LogP contribution in [0.5, 0.6) is 0 Å². The number of benzene rings is 1. The van der Waals surface area contributed by atoms with Gasteiger partial charge >= 0.3 is 6.18 Å². The first kappa shape index (κ1) is 15.8. The Bertz CT molecular complexity index is 502. The summed E-state index contributed by atoms with van der Waals surface area (Å²) in [5, 5.41) is 1.02. The van der Waals surface area contributed by atoms with E-state index in [1.165, 1.54) is 0 Å². The molecule has 0 aromatic heterocycles. The van der Waals surface area contributed by atoms with Crippen molar-refractivity contribution in [3.8, 4) is 0 Å². The predicted molar refractivity (Wildman–Crippen MR) is 73.4 cm³/mol. The summed E-state index contributed by atoms with van der Waals surface area (Å²) in [6, 6.07) is 5.99. The van der Waals surface area contributed by atoms with Crippen LogP contribution in [0.4, 0.5) is 13.2 Å². The highest BCUT2D eigenvalue weighted by Crippen LogP contribution is 2.29. The van der Waals surface area contributed by atoms with Crippen molar-refractivity contribution in [2.24, 2.45) is 0 Å². The van der Waals surface area contributed by atoms with E-state index in [1.807, 2.05) is 31.2 Å². The highest BCUT2D eigenvalue weighted by molar-refractivity contribution is 5.77. The quantitative estimate of drug-likeness (QED) is 0.907. The van der Waals surface area contributed by atoms with Gasteiger partial charge < -0.3 is 0 Å². The molecule has 1 aliphatic rings. The van der Waals surface area contributed by atoms with Crippen molar-refractivity contribution in [2.45, 2.75) is 44.8 Å². The number of halogens is 3. The fourth-order valence-electron chi connectivity index (χ4n) is 2.53. The molecular formula is C15H19F3N2O. The highest BCUT2D eigenvalue weighted by atomic mass is 19.4. The number of nitrogens with zero attached hydrogens (tertiary/aromatic N) is 1. The van der Waals surface area contributed by atoms with Gasteiger partial charge in [0.15, 0.2) is 0 Å². The number of nitrogens with one attached hydrogen (secondary N) is 1. The number of hydrogen-bond donors (Lipinski definition) is 1. The molecule has 3 nitrogen and oxygen atoms in total. The second-order valence-electron chi connectivity index (χ2n) is 5.25. The molecule has 0 bridgehead atoms. The molecule has 1 amide bonds. The third kappa shape index (κ3) is 4.20. The van der Waals surface area contributed by atoms with Crippen molar-refractivity contribution in [2.75, 3.05) is 6.54 Å². The van der Waals surface area contributed by atoms with Crippen molar-refractivity contribution in [1.82, 2.24) is 10.4 Å². The van der Waals surface area contributed by atoms with Crippen LogP contribution in [0.2, 0.25) is 0 Å². The Morgan fingerprint density at radius 2 is 2.05 bits per heavy atom. The Kier molecular flexibility index (Phi) is 4.88. The van der Waals surface area contributed by atoms with Gasteiger partial charge in [-0.3, -0.25) is 10.2 Å². The Morgan fingerprint density at radius 3 is 2.62 bits per heavy atom. The minimum Gasteiger partial charge on any atom is -0.288 e. The van der Waals surface area contributed by atoms with E-state index in [4.69, 9.17) is 0 Å². The molecular weight excluding hydrogens is 281 g/mol. The van der Waals surface area contributed by atoms with E-state index in [-0.39, 0.29) is 25.3 Å². The lowest BCUT2D eigenvalue weighted by Gasteiger charge is -2.28. The van der Waals surface area contributed by atoms with Crippen LogP contribution in [0.15, 0.2) is 24.3 Å². The van der Waals surface area contributed by atoms with Gasteiger partial charge in [0.1, 0.15) is 6.04 Å². The lowest BCUT2D eigenvalue weighted by atomic mass is 10.0. The Balaban J connectivity index is 2.03. The second-order valence-corrected chi connectivity index (χ2v) is 5.25. The monoisotopic (exact) mass is 300 g/mol. The first-order valence-corrected chi connectivity index (χ1v) is 7.11. The van der Waals surface area contributed by atoms with Gasteiger partial charge in [0, 0.05) is 13.0 Å². The van der Waals surface area contributed by atoms with Crippen LogP contribution >= 0.6 is 0 Å². The standard InChI is InChI=1S/C15H19F3N2O/c1-2-11-4-3-5-12(10-11)6-7-13(15(16,17)18)20-9-8-14(21)19-20/h3-5,10,13H,2,6-9H2,1H3,(H,19,21). The predicted octanol–water partition coefficient (Wildman–Crippen LogP) is 2.85. The zero-order chi connectivity index (χ0) is 15.5. The van der Waals surface area contributed by atoms with Gasteiger partial charge in [-0.25, -0.2) is 5.01 Å². The van der Waals surface area contributed by atoms with Crippen LogP contribution in [0.1, 0.15) is 30.9 Å². The maximum Gasteiger partial charge on any atom is 0.405 e. The van der Waals surface area contributed by atoms with Crippen LogP contribution in [-0.2, 0) is 17.6 Å². The summed E-state index contributed by atoms with van der Waals surface area (Å²) < 4.78 is 39.5. The molecule has 0 aliphatic carbocycles. The van der Waals surface area contributed by atoms with E-state index in [2.05, 4.69) is 5.43 Å². The molecule has 6 heteroatoms. The Hall–Kier alpha value is -1.56. The van der Waals surface area contributed by atoms with Crippen LogP contribution in [-0.4, -0.2) is 29.7 Å². The average Bonchev–Trinajstić information content (AvgIpc) is 2.84. The summed E-state index contributed by atoms with van der Waals surface area (Å²) in [5.74, 6) is -0.350. The normalized spacial score (nSPS) is 17.8. The van der Waals surface area contributed by atoms with Crippen molar-refractivity contribution < 1.29 is 18.0 Å². The summed E-state index contributed by atoms with van der Waals surface area (Å²) in [6.45, 7) is 2.12. The molecule has 1 unspecified atom stereocenters. The summed E-state index contributed by atoms with van der Waals surface area (Å²) in [5.41, 5.74) is 4.31. The number of rotatable bonds is 5. The highest BCUT2D eigenvalue weighted by Gasteiger charge is 2.45.